The molecule has 0 aliphatic carbocycles. The monoisotopic (exact) mass is 458 g/mol. The molecule has 2 rings (SSSR count). The highest BCUT2D eigenvalue weighted by Crippen LogP contribution is 2.30. The third kappa shape index (κ3) is 7.82. The van der Waals surface area contributed by atoms with Crippen molar-refractivity contribution >= 4 is 40.8 Å². The van der Waals surface area contributed by atoms with E-state index in [2.05, 4.69) is 10.6 Å². The number of anilines is 2. The second-order valence-corrected chi connectivity index (χ2v) is 6.62. The Bertz CT molecular complexity index is 966. The largest absolute Gasteiger partial charge is 0.495 e. The Hall–Kier alpha value is -3.27. The van der Waals surface area contributed by atoms with Crippen molar-refractivity contribution in [2.45, 2.75) is 19.0 Å². The first-order chi connectivity index (χ1) is 14.6. The molecule has 0 radical (unpaired) electrons. The molecule has 0 unspecified atom stereocenters. The maximum atomic E-state index is 12.7. The van der Waals surface area contributed by atoms with Crippen LogP contribution in [0.25, 0.3) is 0 Å². The van der Waals surface area contributed by atoms with Gasteiger partial charge < -0.3 is 20.1 Å². The zero-order valence-electron chi connectivity index (χ0n) is 16.2. The van der Waals surface area contributed by atoms with Crippen LogP contribution in [0.5, 0.6) is 5.75 Å². The average Bonchev–Trinajstić information content (AvgIpc) is 2.70. The van der Waals surface area contributed by atoms with Crippen LogP contribution >= 0.6 is 11.6 Å². The molecule has 0 spiro atoms. The van der Waals surface area contributed by atoms with E-state index in [1.807, 2.05) is 0 Å². The van der Waals surface area contributed by atoms with Crippen molar-refractivity contribution in [3.05, 3.63) is 53.1 Å². The summed E-state index contributed by atoms with van der Waals surface area (Å²) in [6, 6.07) is 8.65. The van der Waals surface area contributed by atoms with Crippen molar-refractivity contribution in [1.82, 2.24) is 0 Å². The van der Waals surface area contributed by atoms with Gasteiger partial charge in [0.05, 0.1) is 24.8 Å². The number of halogens is 4. The number of hydrogen-bond donors (Lipinski definition) is 2. The number of hydrogen-bond acceptors (Lipinski definition) is 5. The lowest BCUT2D eigenvalue weighted by atomic mass is 10.2. The fraction of sp³-hybridized carbons (Fsp3) is 0.250. The van der Waals surface area contributed by atoms with Gasteiger partial charge in [-0.1, -0.05) is 17.7 Å². The molecule has 7 nitrogen and oxygen atoms in total. The smallest absolute Gasteiger partial charge is 0.416 e. The molecule has 2 N–H and O–H groups in total. The van der Waals surface area contributed by atoms with Crippen LogP contribution in [0.15, 0.2) is 42.5 Å². The predicted molar refractivity (Wildman–Crippen MR) is 107 cm³/mol. The fourth-order valence-corrected chi connectivity index (χ4v) is 2.57. The van der Waals surface area contributed by atoms with E-state index in [0.717, 1.165) is 18.2 Å². The molecule has 31 heavy (non-hydrogen) atoms. The highest BCUT2D eigenvalue weighted by molar-refractivity contribution is 6.31. The lowest BCUT2D eigenvalue weighted by Crippen LogP contribution is -2.22. The van der Waals surface area contributed by atoms with Crippen LogP contribution in [0, 0.1) is 0 Å². The molecule has 0 fully saturated rings. The number of methoxy groups -OCH3 is 1. The van der Waals surface area contributed by atoms with Crippen molar-refractivity contribution in [2.75, 3.05) is 24.4 Å². The molecule has 0 saturated carbocycles. The summed E-state index contributed by atoms with van der Waals surface area (Å²) in [5.74, 6) is -1.77. The van der Waals surface area contributed by atoms with Crippen LogP contribution in [0.2, 0.25) is 5.02 Å². The summed E-state index contributed by atoms with van der Waals surface area (Å²) in [5, 5.41) is 5.13. The van der Waals surface area contributed by atoms with Gasteiger partial charge in [0.25, 0.3) is 5.91 Å². The summed E-state index contributed by atoms with van der Waals surface area (Å²) >= 11 is 5.87. The maximum absolute atomic E-state index is 12.7. The molecule has 0 aromatic heterocycles. The van der Waals surface area contributed by atoms with Crippen LogP contribution < -0.4 is 15.4 Å². The molecule has 0 aliphatic heterocycles. The van der Waals surface area contributed by atoms with Gasteiger partial charge in [-0.2, -0.15) is 13.2 Å². The summed E-state index contributed by atoms with van der Waals surface area (Å²) in [7, 11) is 1.42. The van der Waals surface area contributed by atoms with Gasteiger partial charge >= 0.3 is 12.1 Å². The van der Waals surface area contributed by atoms with Crippen LogP contribution in [0.3, 0.4) is 0 Å². The number of amides is 2. The van der Waals surface area contributed by atoms with E-state index in [1.165, 1.54) is 19.2 Å². The SMILES string of the molecule is COc1ccc(Cl)cc1NC(=O)CCC(=O)OCC(=O)Nc1cccc(C(F)(F)F)c1. The van der Waals surface area contributed by atoms with Gasteiger partial charge in [0.15, 0.2) is 6.61 Å². The number of nitrogens with one attached hydrogen (secondary N) is 2. The first-order valence-electron chi connectivity index (χ1n) is 8.84. The molecule has 0 aliphatic rings. The van der Waals surface area contributed by atoms with Crippen LogP contribution in [-0.4, -0.2) is 31.5 Å². The van der Waals surface area contributed by atoms with E-state index < -0.39 is 36.1 Å². The molecule has 2 aromatic carbocycles. The summed E-state index contributed by atoms with van der Waals surface area (Å²) in [6.45, 7) is -0.710. The normalized spacial score (nSPS) is 10.9. The second-order valence-electron chi connectivity index (χ2n) is 6.18. The third-order valence-electron chi connectivity index (χ3n) is 3.83. The van der Waals surface area contributed by atoms with Crippen molar-refractivity contribution in [1.29, 1.82) is 0 Å². The van der Waals surface area contributed by atoms with Gasteiger partial charge in [-0.15, -0.1) is 0 Å². The molecule has 0 heterocycles. The lowest BCUT2D eigenvalue weighted by molar-refractivity contribution is -0.147. The van der Waals surface area contributed by atoms with Crippen molar-refractivity contribution in [3.8, 4) is 5.75 Å². The Morgan fingerprint density at radius 3 is 2.42 bits per heavy atom. The van der Waals surface area contributed by atoms with Crippen LogP contribution in [-0.2, 0) is 25.3 Å². The summed E-state index contributed by atoms with van der Waals surface area (Å²) < 4.78 is 47.9. The zero-order valence-corrected chi connectivity index (χ0v) is 17.0. The van der Waals surface area contributed by atoms with Gasteiger partial charge in [-0.3, -0.25) is 14.4 Å². The van der Waals surface area contributed by atoms with E-state index in [9.17, 15) is 27.6 Å². The topological polar surface area (TPSA) is 93.7 Å². The summed E-state index contributed by atoms with van der Waals surface area (Å²) in [6.07, 6.45) is -5.10. The zero-order chi connectivity index (χ0) is 23.0. The Morgan fingerprint density at radius 1 is 1.00 bits per heavy atom. The minimum atomic E-state index is -4.55. The molecular formula is C20H18ClF3N2O5. The van der Waals surface area contributed by atoms with Gasteiger partial charge in [-0.05, 0) is 36.4 Å². The van der Waals surface area contributed by atoms with Crippen LogP contribution in [0.4, 0.5) is 24.5 Å². The van der Waals surface area contributed by atoms with Crippen molar-refractivity contribution in [2.24, 2.45) is 0 Å². The number of rotatable bonds is 8. The Kier molecular flexibility index (Phi) is 8.26. The van der Waals surface area contributed by atoms with E-state index in [-0.39, 0.29) is 18.5 Å². The minimum Gasteiger partial charge on any atom is -0.495 e. The molecule has 11 heteroatoms. The average molecular weight is 459 g/mol. The molecule has 2 amide bonds. The maximum Gasteiger partial charge on any atom is 0.416 e. The molecule has 166 valence electrons. The fourth-order valence-electron chi connectivity index (χ4n) is 2.39. The van der Waals surface area contributed by atoms with Gasteiger partial charge in [0, 0.05) is 17.1 Å². The first-order valence-corrected chi connectivity index (χ1v) is 9.22. The number of carbonyl (C=O) groups is 3. The first kappa shape index (κ1) is 24.0. The number of benzene rings is 2. The lowest BCUT2D eigenvalue weighted by Gasteiger charge is -2.11. The molecule has 0 atom stereocenters. The predicted octanol–water partition coefficient (Wildman–Crippen LogP) is 4.27. The van der Waals surface area contributed by atoms with Gasteiger partial charge in [0.2, 0.25) is 5.91 Å². The Balaban J connectivity index is 1.77. The molecule has 2 aromatic rings. The van der Waals surface area contributed by atoms with E-state index in [0.29, 0.717) is 16.5 Å². The van der Waals surface area contributed by atoms with E-state index in [4.69, 9.17) is 21.1 Å². The van der Waals surface area contributed by atoms with Crippen molar-refractivity contribution in [3.63, 3.8) is 0 Å². The molecule has 0 bridgehead atoms. The number of esters is 1. The number of ether oxygens (including phenoxy) is 2. The second kappa shape index (κ2) is 10.7. The van der Waals surface area contributed by atoms with Gasteiger partial charge in [-0.25, -0.2) is 0 Å². The molecule has 0 saturated heterocycles. The highest BCUT2D eigenvalue weighted by Gasteiger charge is 2.30. The summed E-state index contributed by atoms with van der Waals surface area (Å²) in [4.78, 5) is 35.5. The minimum absolute atomic E-state index is 0.0919. The van der Waals surface area contributed by atoms with E-state index in [1.54, 1.807) is 12.1 Å². The number of carbonyl (C=O) groups excluding carboxylic acids is 3. The Labute approximate surface area is 180 Å². The van der Waals surface area contributed by atoms with Crippen LogP contribution in [0.1, 0.15) is 18.4 Å². The third-order valence-corrected chi connectivity index (χ3v) is 4.06. The molecular weight excluding hydrogens is 441 g/mol. The summed E-state index contributed by atoms with van der Waals surface area (Å²) in [5.41, 5.74) is -0.691. The standard InChI is InChI=1S/C20H18ClF3N2O5/c1-30-16-6-5-13(21)10-15(16)26-17(27)7-8-19(29)31-11-18(28)25-14-4-2-3-12(9-14)20(22,23)24/h2-6,9-10H,7-8,11H2,1H3,(H,25,28)(H,26,27). The van der Waals surface area contributed by atoms with Crippen molar-refractivity contribution < 1.29 is 37.0 Å². The number of alkyl halides is 3. The highest BCUT2D eigenvalue weighted by atomic mass is 35.5. The van der Waals surface area contributed by atoms with Gasteiger partial charge in [0.1, 0.15) is 5.75 Å². The van der Waals surface area contributed by atoms with E-state index >= 15 is 0 Å². The quantitative estimate of drug-likeness (QED) is 0.576. The Morgan fingerprint density at radius 2 is 1.74 bits per heavy atom.